The number of thiophene rings is 1. The van der Waals surface area contributed by atoms with Gasteiger partial charge in [0.1, 0.15) is 0 Å². The molecule has 4 aromatic rings. The first-order valence-electron chi connectivity index (χ1n) is 10.1. The average Bonchev–Trinajstić information content (AvgIpc) is 3.48. The number of carbonyl (C=O) groups is 1. The van der Waals surface area contributed by atoms with Crippen LogP contribution in [0, 0.1) is 0 Å². The van der Waals surface area contributed by atoms with Crippen LogP contribution < -0.4 is 11.1 Å². The Bertz CT molecular complexity index is 1210. The average molecular weight is 422 g/mol. The molecule has 4 heterocycles. The van der Waals surface area contributed by atoms with E-state index in [0.29, 0.717) is 4.88 Å². The molecule has 0 aromatic carbocycles. The Kier molecular flexibility index (Phi) is 4.84. The smallest absolute Gasteiger partial charge is 0.261 e. The summed E-state index contributed by atoms with van der Waals surface area (Å²) in [5.41, 5.74) is 10.7. The molecule has 8 nitrogen and oxygen atoms in total. The molecule has 0 saturated heterocycles. The van der Waals surface area contributed by atoms with Gasteiger partial charge in [-0.3, -0.25) is 9.48 Å². The van der Waals surface area contributed by atoms with E-state index in [0.717, 1.165) is 53.6 Å². The molecule has 1 aliphatic rings. The Morgan fingerprint density at radius 3 is 2.77 bits per heavy atom. The van der Waals surface area contributed by atoms with Crippen molar-refractivity contribution in [3.63, 3.8) is 0 Å². The highest BCUT2D eigenvalue weighted by Gasteiger charge is 2.24. The van der Waals surface area contributed by atoms with Gasteiger partial charge in [-0.25, -0.2) is 9.50 Å². The maximum atomic E-state index is 12.7. The SMILES string of the molecule is Cn1cc(-c2cnc3c(-c4csc(C(=O)N[C@@H]5CCCC[C@@H]5N)c4)cnn3c2)cn1. The van der Waals surface area contributed by atoms with Crippen LogP contribution in [0.4, 0.5) is 0 Å². The molecule has 0 unspecified atom stereocenters. The number of amides is 1. The topological polar surface area (TPSA) is 103 Å². The third-order valence-electron chi connectivity index (χ3n) is 5.66. The second-order valence-corrected chi connectivity index (χ2v) is 8.71. The zero-order chi connectivity index (χ0) is 20.7. The lowest BCUT2D eigenvalue weighted by molar-refractivity contribution is 0.0925. The molecule has 1 saturated carbocycles. The standard InChI is InChI=1S/C21H23N7OS/c1-27-10-15(8-24-27)14-7-23-20-16(9-25-28(20)11-14)13-6-19(30-12-13)21(29)26-18-5-3-2-4-17(18)22/h6-12,17-18H,2-5,22H2,1H3,(H,26,29)/t17-,18+/m0/s1. The number of hydrogen-bond donors (Lipinski definition) is 2. The van der Waals surface area contributed by atoms with E-state index in [-0.39, 0.29) is 18.0 Å². The van der Waals surface area contributed by atoms with Crippen molar-refractivity contribution < 1.29 is 4.79 Å². The highest BCUT2D eigenvalue weighted by atomic mass is 32.1. The lowest BCUT2D eigenvalue weighted by Crippen LogP contribution is -2.49. The van der Waals surface area contributed by atoms with Crippen molar-refractivity contribution in [2.45, 2.75) is 37.8 Å². The minimum absolute atomic E-state index is 0.0416. The van der Waals surface area contributed by atoms with Gasteiger partial charge in [-0.2, -0.15) is 10.2 Å². The van der Waals surface area contributed by atoms with E-state index in [1.165, 1.54) is 11.3 Å². The molecule has 1 aliphatic carbocycles. The van der Waals surface area contributed by atoms with Gasteiger partial charge in [-0.15, -0.1) is 11.3 Å². The van der Waals surface area contributed by atoms with Crippen LogP contribution in [-0.4, -0.2) is 42.4 Å². The number of fused-ring (bicyclic) bond motifs is 1. The lowest BCUT2D eigenvalue weighted by atomic mass is 9.91. The van der Waals surface area contributed by atoms with E-state index in [9.17, 15) is 4.79 Å². The van der Waals surface area contributed by atoms with Crippen LogP contribution in [0.1, 0.15) is 35.4 Å². The number of carbonyl (C=O) groups excluding carboxylic acids is 1. The minimum Gasteiger partial charge on any atom is -0.347 e. The van der Waals surface area contributed by atoms with Gasteiger partial charge in [-0.05, 0) is 29.9 Å². The maximum absolute atomic E-state index is 12.7. The Labute approximate surface area is 177 Å². The van der Waals surface area contributed by atoms with Gasteiger partial charge in [0.05, 0.1) is 17.3 Å². The van der Waals surface area contributed by atoms with Gasteiger partial charge in [0.15, 0.2) is 5.65 Å². The molecular weight excluding hydrogens is 398 g/mol. The monoisotopic (exact) mass is 421 g/mol. The van der Waals surface area contributed by atoms with E-state index < -0.39 is 0 Å². The summed E-state index contributed by atoms with van der Waals surface area (Å²) in [5.74, 6) is -0.0584. The van der Waals surface area contributed by atoms with Crippen LogP contribution in [-0.2, 0) is 7.05 Å². The lowest BCUT2D eigenvalue weighted by Gasteiger charge is -2.29. The molecule has 0 aliphatic heterocycles. The van der Waals surface area contributed by atoms with Gasteiger partial charge >= 0.3 is 0 Å². The number of nitrogens with two attached hydrogens (primary N) is 1. The maximum Gasteiger partial charge on any atom is 0.261 e. The molecule has 9 heteroatoms. The summed E-state index contributed by atoms with van der Waals surface area (Å²) in [4.78, 5) is 18.0. The Balaban J connectivity index is 1.38. The molecule has 0 spiro atoms. The molecule has 5 rings (SSSR count). The molecule has 4 aromatic heterocycles. The quantitative estimate of drug-likeness (QED) is 0.527. The van der Waals surface area contributed by atoms with Crippen molar-refractivity contribution in [3.8, 4) is 22.3 Å². The van der Waals surface area contributed by atoms with Crippen molar-refractivity contribution in [2.24, 2.45) is 12.8 Å². The molecule has 1 fully saturated rings. The van der Waals surface area contributed by atoms with Crippen LogP contribution in [0.25, 0.3) is 27.9 Å². The van der Waals surface area contributed by atoms with Crippen molar-refractivity contribution in [1.82, 2.24) is 29.7 Å². The van der Waals surface area contributed by atoms with Crippen LogP contribution >= 0.6 is 11.3 Å². The zero-order valence-electron chi connectivity index (χ0n) is 16.7. The van der Waals surface area contributed by atoms with Crippen molar-refractivity contribution >= 4 is 22.9 Å². The van der Waals surface area contributed by atoms with Gasteiger partial charge in [0.2, 0.25) is 0 Å². The van der Waals surface area contributed by atoms with Gasteiger partial charge in [0, 0.05) is 54.4 Å². The molecule has 2 atom stereocenters. The molecule has 0 bridgehead atoms. The number of rotatable bonds is 4. The number of aryl methyl sites for hydroxylation is 1. The Hall–Kier alpha value is -3.04. The molecule has 1 amide bonds. The van der Waals surface area contributed by atoms with Crippen LogP contribution in [0.5, 0.6) is 0 Å². The summed E-state index contributed by atoms with van der Waals surface area (Å²) in [6.07, 6.45) is 13.5. The predicted molar refractivity (Wildman–Crippen MR) is 116 cm³/mol. The van der Waals surface area contributed by atoms with E-state index in [1.54, 1.807) is 21.6 Å². The third-order valence-corrected chi connectivity index (χ3v) is 6.59. The second kappa shape index (κ2) is 7.66. The van der Waals surface area contributed by atoms with Crippen molar-refractivity contribution in [1.29, 1.82) is 0 Å². The molecule has 154 valence electrons. The predicted octanol–water partition coefficient (Wildman–Crippen LogP) is 2.86. The zero-order valence-corrected chi connectivity index (χ0v) is 17.5. The molecule has 3 N–H and O–H groups in total. The number of nitrogens with zero attached hydrogens (tertiary/aromatic N) is 5. The second-order valence-electron chi connectivity index (χ2n) is 7.80. The Morgan fingerprint density at radius 2 is 1.97 bits per heavy atom. The van der Waals surface area contributed by atoms with Crippen molar-refractivity contribution in [3.05, 3.63) is 47.3 Å². The fourth-order valence-electron chi connectivity index (χ4n) is 3.97. The third kappa shape index (κ3) is 3.50. The summed E-state index contributed by atoms with van der Waals surface area (Å²) in [6, 6.07) is 2.00. The van der Waals surface area contributed by atoms with Crippen LogP contribution in [0.15, 0.2) is 42.4 Å². The Morgan fingerprint density at radius 1 is 1.13 bits per heavy atom. The summed E-state index contributed by atoms with van der Waals surface area (Å²) in [7, 11) is 1.88. The van der Waals surface area contributed by atoms with Crippen LogP contribution in [0.3, 0.4) is 0 Å². The van der Waals surface area contributed by atoms with E-state index in [4.69, 9.17) is 5.73 Å². The number of hydrogen-bond acceptors (Lipinski definition) is 6. The molecule has 0 radical (unpaired) electrons. The largest absolute Gasteiger partial charge is 0.347 e. The van der Waals surface area contributed by atoms with E-state index in [2.05, 4.69) is 20.5 Å². The fraction of sp³-hybridized carbons (Fsp3) is 0.333. The summed E-state index contributed by atoms with van der Waals surface area (Å²) in [6.45, 7) is 0. The van der Waals surface area contributed by atoms with E-state index >= 15 is 0 Å². The first-order valence-corrected chi connectivity index (χ1v) is 10.9. The normalized spacial score (nSPS) is 19.3. The summed E-state index contributed by atoms with van der Waals surface area (Å²) < 4.78 is 3.52. The van der Waals surface area contributed by atoms with E-state index in [1.807, 2.05) is 37.1 Å². The summed E-state index contributed by atoms with van der Waals surface area (Å²) in [5, 5.41) is 13.8. The number of aromatic nitrogens is 5. The first kappa shape index (κ1) is 19.0. The highest BCUT2D eigenvalue weighted by Crippen LogP contribution is 2.29. The van der Waals surface area contributed by atoms with Gasteiger partial charge in [0.25, 0.3) is 5.91 Å². The molecular formula is C21H23N7OS. The highest BCUT2D eigenvalue weighted by molar-refractivity contribution is 7.12. The van der Waals surface area contributed by atoms with Crippen LogP contribution in [0.2, 0.25) is 0 Å². The first-order chi connectivity index (χ1) is 14.6. The van der Waals surface area contributed by atoms with Gasteiger partial charge in [-0.1, -0.05) is 12.8 Å². The summed E-state index contributed by atoms with van der Waals surface area (Å²) >= 11 is 1.43. The van der Waals surface area contributed by atoms with Crippen molar-refractivity contribution in [2.75, 3.05) is 0 Å². The fourth-order valence-corrected chi connectivity index (χ4v) is 4.78. The number of nitrogens with one attached hydrogen (secondary N) is 1. The molecule has 30 heavy (non-hydrogen) atoms. The van der Waals surface area contributed by atoms with Gasteiger partial charge < -0.3 is 11.1 Å². The minimum atomic E-state index is -0.0584.